The van der Waals surface area contributed by atoms with Gasteiger partial charge in [-0.3, -0.25) is 0 Å². The zero-order valence-corrected chi connectivity index (χ0v) is 7.34. The minimum atomic E-state index is 0.550. The second kappa shape index (κ2) is 3.34. The fourth-order valence-corrected chi connectivity index (χ4v) is 2.57. The van der Waals surface area contributed by atoms with Crippen molar-refractivity contribution in [2.75, 3.05) is 12.0 Å². The van der Waals surface area contributed by atoms with Crippen molar-refractivity contribution in [3.63, 3.8) is 0 Å². The van der Waals surface area contributed by atoms with Crippen LogP contribution in [-0.2, 0) is 0 Å². The molecule has 0 saturated heterocycles. The molecule has 0 amide bonds. The average Bonchev–Trinajstić information content (AvgIpc) is 1.84. The number of terminal acetylenes is 1. The molecule has 0 bridgehead atoms. The molecule has 0 aromatic heterocycles. The zero-order valence-electron chi connectivity index (χ0n) is 6.52. The van der Waals surface area contributed by atoms with Gasteiger partial charge in [0.2, 0.25) is 0 Å². The molecular formula is C9H14S. The Hall–Kier alpha value is -0.0900. The van der Waals surface area contributed by atoms with Crippen molar-refractivity contribution in [1.82, 2.24) is 0 Å². The van der Waals surface area contributed by atoms with E-state index in [1.807, 2.05) is 11.8 Å². The molecule has 0 nitrogen and oxygen atoms in total. The van der Waals surface area contributed by atoms with Gasteiger partial charge in [-0.25, -0.2) is 0 Å². The van der Waals surface area contributed by atoms with Crippen molar-refractivity contribution < 1.29 is 0 Å². The van der Waals surface area contributed by atoms with Gasteiger partial charge < -0.3 is 0 Å². The maximum atomic E-state index is 5.30. The number of hydrogen-bond acceptors (Lipinski definition) is 1. The van der Waals surface area contributed by atoms with Crippen molar-refractivity contribution in [3.8, 4) is 12.3 Å². The third-order valence-electron chi connectivity index (χ3n) is 2.34. The van der Waals surface area contributed by atoms with Crippen LogP contribution in [0.1, 0.15) is 25.7 Å². The van der Waals surface area contributed by atoms with E-state index in [2.05, 4.69) is 12.2 Å². The van der Waals surface area contributed by atoms with Crippen LogP contribution in [0.15, 0.2) is 0 Å². The van der Waals surface area contributed by atoms with Crippen molar-refractivity contribution in [2.45, 2.75) is 25.7 Å². The molecule has 1 saturated carbocycles. The fraction of sp³-hybridized carbons (Fsp3) is 0.778. The molecule has 1 fully saturated rings. The second-order valence-electron chi connectivity index (χ2n) is 3.17. The lowest BCUT2D eigenvalue weighted by Gasteiger charge is -2.40. The van der Waals surface area contributed by atoms with E-state index in [9.17, 15) is 0 Å². The van der Waals surface area contributed by atoms with Gasteiger partial charge in [0.15, 0.2) is 0 Å². The average molecular weight is 154 g/mol. The van der Waals surface area contributed by atoms with Gasteiger partial charge in [-0.05, 0) is 30.3 Å². The highest BCUT2D eigenvalue weighted by Gasteiger charge is 2.35. The number of thioether (sulfide) groups is 1. The molecule has 1 aliphatic carbocycles. The third-order valence-corrected chi connectivity index (χ3v) is 3.24. The van der Waals surface area contributed by atoms with E-state index in [0.29, 0.717) is 5.41 Å². The summed E-state index contributed by atoms with van der Waals surface area (Å²) in [6, 6.07) is 0. The molecular weight excluding hydrogens is 140 g/mol. The molecule has 0 atom stereocenters. The summed E-state index contributed by atoms with van der Waals surface area (Å²) >= 11 is 1.93. The monoisotopic (exact) mass is 154 g/mol. The molecule has 56 valence electrons. The second-order valence-corrected chi connectivity index (χ2v) is 4.03. The summed E-state index contributed by atoms with van der Waals surface area (Å²) in [7, 11) is 0. The summed E-state index contributed by atoms with van der Waals surface area (Å²) in [5.41, 5.74) is 0.550. The van der Waals surface area contributed by atoms with E-state index in [4.69, 9.17) is 6.42 Å². The van der Waals surface area contributed by atoms with Crippen molar-refractivity contribution in [2.24, 2.45) is 5.41 Å². The normalized spacial score (nSPS) is 21.2. The lowest BCUT2D eigenvalue weighted by atomic mass is 9.68. The molecule has 0 heterocycles. The van der Waals surface area contributed by atoms with Gasteiger partial charge in [-0.2, -0.15) is 11.8 Å². The van der Waals surface area contributed by atoms with E-state index in [-0.39, 0.29) is 0 Å². The highest BCUT2D eigenvalue weighted by atomic mass is 32.2. The van der Waals surface area contributed by atoms with Crippen LogP contribution in [0.2, 0.25) is 0 Å². The Bertz CT molecular complexity index is 139. The zero-order chi connectivity index (χ0) is 7.45. The molecule has 0 aromatic rings. The van der Waals surface area contributed by atoms with Crippen LogP contribution >= 0.6 is 11.8 Å². The highest BCUT2D eigenvalue weighted by Crippen LogP contribution is 2.45. The Labute approximate surface area is 67.8 Å². The van der Waals surface area contributed by atoms with Crippen LogP contribution < -0.4 is 0 Å². The Balaban J connectivity index is 2.36. The summed E-state index contributed by atoms with van der Waals surface area (Å²) in [6.45, 7) is 0. The first-order valence-electron chi connectivity index (χ1n) is 3.75. The van der Waals surface area contributed by atoms with Crippen LogP contribution in [0.25, 0.3) is 0 Å². The van der Waals surface area contributed by atoms with Crippen LogP contribution in [0.5, 0.6) is 0 Å². The lowest BCUT2D eigenvalue weighted by Crippen LogP contribution is -2.31. The van der Waals surface area contributed by atoms with Crippen LogP contribution in [-0.4, -0.2) is 12.0 Å². The lowest BCUT2D eigenvalue weighted by molar-refractivity contribution is 0.176. The van der Waals surface area contributed by atoms with E-state index >= 15 is 0 Å². The van der Waals surface area contributed by atoms with Gasteiger partial charge in [0.25, 0.3) is 0 Å². The van der Waals surface area contributed by atoms with E-state index in [1.165, 1.54) is 25.0 Å². The minimum absolute atomic E-state index is 0.550. The Morgan fingerprint density at radius 1 is 1.60 bits per heavy atom. The summed E-state index contributed by atoms with van der Waals surface area (Å²) in [6.07, 6.45) is 12.6. The Morgan fingerprint density at radius 3 is 2.60 bits per heavy atom. The molecule has 0 spiro atoms. The molecule has 1 heteroatoms. The van der Waals surface area contributed by atoms with Crippen molar-refractivity contribution in [3.05, 3.63) is 0 Å². The predicted octanol–water partition coefficient (Wildman–Crippen LogP) is 2.54. The molecule has 1 aliphatic rings. The summed E-state index contributed by atoms with van der Waals surface area (Å²) in [5.74, 6) is 4.04. The van der Waals surface area contributed by atoms with Gasteiger partial charge >= 0.3 is 0 Å². The predicted molar refractivity (Wildman–Crippen MR) is 48.1 cm³/mol. The highest BCUT2D eigenvalue weighted by molar-refractivity contribution is 7.98. The molecule has 0 unspecified atom stereocenters. The summed E-state index contributed by atoms with van der Waals surface area (Å²) in [4.78, 5) is 0. The summed E-state index contributed by atoms with van der Waals surface area (Å²) < 4.78 is 0. The third kappa shape index (κ3) is 1.49. The molecule has 1 rings (SSSR count). The van der Waals surface area contributed by atoms with Gasteiger partial charge in [0.1, 0.15) is 0 Å². The minimum Gasteiger partial charge on any atom is -0.165 e. The summed E-state index contributed by atoms with van der Waals surface area (Å²) in [5, 5.41) is 0. The quantitative estimate of drug-likeness (QED) is 0.563. The standard InChI is InChI=1S/C9H14S/c1-3-5-9(8-10-2)6-4-7-9/h1H,4-8H2,2H3. The SMILES string of the molecule is C#CCC1(CSC)CCC1. The van der Waals surface area contributed by atoms with Gasteiger partial charge in [-0.15, -0.1) is 12.3 Å². The molecule has 10 heavy (non-hydrogen) atoms. The molecule has 0 radical (unpaired) electrons. The molecule has 0 aliphatic heterocycles. The van der Waals surface area contributed by atoms with Crippen molar-refractivity contribution >= 4 is 11.8 Å². The van der Waals surface area contributed by atoms with Crippen LogP contribution in [0.3, 0.4) is 0 Å². The van der Waals surface area contributed by atoms with E-state index in [0.717, 1.165) is 6.42 Å². The van der Waals surface area contributed by atoms with Crippen LogP contribution in [0, 0.1) is 17.8 Å². The topological polar surface area (TPSA) is 0 Å². The Morgan fingerprint density at radius 2 is 2.30 bits per heavy atom. The van der Waals surface area contributed by atoms with Crippen LogP contribution in [0.4, 0.5) is 0 Å². The van der Waals surface area contributed by atoms with Gasteiger partial charge in [0.05, 0.1) is 0 Å². The number of rotatable bonds is 3. The maximum Gasteiger partial charge on any atom is 0.0151 e. The first-order chi connectivity index (χ1) is 4.83. The first kappa shape index (κ1) is 8.01. The van der Waals surface area contributed by atoms with E-state index in [1.54, 1.807) is 0 Å². The first-order valence-corrected chi connectivity index (χ1v) is 5.15. The largest absolute Gasteiger partial charge is 0.165 e. The van der Waals surface area contributed by atoms with E-state index < -0.39 is 0 Å². The van der Waals surface area contributed by atoms with Gasteiger partial charge in [0, 0.05) is 6.42 Å². The molecule has 0 N–H and O–H groups in total. The molecule has 0 aromatic carbocycles. The fourth-order valence-electron chi connectivity index (χ4n) is 1.57. The van der Waals surface area contributed by atoms with Crippen molar-refractivity contribution in [1.29, 1.82) is 0 Å². The smallest absolute Gasteiger partial charge is 0.0151 e. The van der Waals surface area contributed by atoms with Gasteiger partial charge in [-0.1, -0.05) is 6.42 Å². The number of hydrogen-bond donors (Lipinski definition) is 0. The Kier molecular flexibility index (Phi) is 2.68. The maximum absolute atomic E-state index is 5.30.